The SMILES string of the molecule is CCN1CCCC(C(C)NCc2cc(C)on2)C1. The van der Waals surface area contributed by atoms with Gasteiger partial charge in [0.25, 0.3) is 0 Å². The van der Waals surface area contributed by atoms with Crippen LogP contribution >= 0.6 is 0 Å². The monoisotopic (exact) mass is 251 g/mol. The summed E-state index contributed by atoms with van der Waals surface area (Å²) in [5, 5.41) is 7.59. The third-order valence-electron chi connectivity index (χ3n) is 3.98. The van der Waals surface area contributed by atoms with Crippen LogP contribution in [-0.2, 0) is 6.54 Å². The molecule has 0 aliphatic carbocycles. The maximum Gasteiger partial charge on any atom is 0.133 e. The molecule has 2 rings (SSSR count). The van der Waals surface area contributed by atoms with Crippen LogP contribution in [0.15, 0.2) is 10.6 Å². The second-order valence-electron chi connectivity index (χ2n) is 5.39. The van der Waals surface area contributed by atoms with Crippen molar-refractivity contribution in [2.24, 2.45) is 5.92 Å². The Kier molecular flexibility index (Phi) is 4.78. The van der Waals surface area contributed by atoms with Crippen molar-refractivity contribution < 1.29 is 4.52 Å². The molecule has 1 aromatic heterocycles. The summed E-state index contributed by atoms with van der Waals surface area (Å²) in [4.78, 5) is 2.55. The van der Waals surface area contributed by atoms with Crippen LogP contribution in [0.1, 0.15) is 38.1 Å². The van der Waals surface area contributed by atoms with Crippen LogP contribution in [0.2, 0.25) is 0 Å². The minimum Gasteiger partial charge on any atom is -0.361 e. The Morgan fingerprint density at radius 1 is 1.61 bits per heavy atom. The van der Waals surface area contributed by atoms with Gasteiger partial charge in [-0.3, -0.25) is 0 Å². The van der Waals surface area contributed by atoms with E-state index in [2.05, 4.69) is 29.2 Å². The summed E-state index contributed by atoms with van der Waals surface area (Å²) >= 11 is 0. The molecule has 1 N–H and O–H groups in total. The maximum atomic E-state index is 5.08. The van der Waals surface area contributed by atoms with Crippen molar-refractivity contribution >= 4 is 0 Å². The van der Waals surface area contributed by atoms with Gasteiger partial charge in [0.1, 0.15) is 5.76 Å². The minimum absolute atomic E-state index is 0.538. The van der Waals surface area contributed by atoms with E-state index in [0.29, 0.717) is 6.04 Å². The lowest BCUT2D eigenvalue weighted by Crippen LogP contribution is -2.44. The first-order valence-electron chi connectivity index (χ1n) is 7.07. The number of piperidine rings is 1. The molecule has 2 unspecified atom stereocenters. The standard InChI is InChI=1S/C14H25N3O/c1-4-17-7-5-6-13(10-17)12(3)15-9-14-8-11(2)18-16-14/h8,12-13,15H,4-7,9-10H2,1-3H3. The zero-order valence-electron chi connectivity index (χ0n) is 11.8. The molecule has 18 heavy (non-hydrogen) atoms. The van der Waals surface area contributed by atoms with Crippen molar-refractivity contribution in [1.29, 1.82) is 0 Å². The summed E-state index contributed by atoms with van der Waals surface area (Å²) in [7, 11) is 0. The smallest absolute Gasteiger partial charge is 0.133 e. The number of hydrogen-bond acceptors (Lipinski definition) is 4. The van der Waals surface area contributed by atoms with Crippen molar-refractivity contribution in [3.05, 3.63) is 17.5 Å². The Morgan fingerprint density at radius 3 is 3.11 bits per heavy atom. The molecule has 2 atom stereocenters. The zero-order chi connectivity index (χ0) is 13.0. The molecule has 0 aromatic carbocycles. The van der Waals surface area contributed by atoms with Crippen LogP contribution < -0.4 is 5.32 Å². The molecule has 1 saturated heterocycles. The first kappa shape index (κ1) is 13.6. The number of aryl methyl sites for hydroxylation is 1. The average Bonchev–Trinajstić information content (AvgIpc) is 2.82. The fourth-order valence-electron chi connectivity index (χ4n) is 2.72. The number of aromatic nitrogens is 1. The molecule has 2 heterocycles. The summed E-state index contributed by atoms with van der Waals surface area (Å²) in [6.45, 7) is 10.9. The van der Waals surface area contributed by atoms with Crippen molar-refractivity contribution in [1.82, 2.24) is 15.4 Å². The molecule has 1 aliphatic heterocycles. The van der Waals surface area contributed by atoms with Crippen LogP contribution in [0.25, 0.3) is 0 Å². The highest BCUT2D eigenvalue weighted by Crippen LogP contribution is 2.19. The second-order valence-corrected chi connectivity index (χ2v) is 5.39. The highest BCUT2D eigenvalue weighted by molar-refractivity contribution is 5.03. The minimum atomic E-state index is 0.538. The van der Waals surface area contributed by atoms with Crippen LogP contribution in [0, 0.1) is 12.8 Å². The summed E-state index contributed by atoms with van der Waals surface area (Å²) < 4.78 is 5.08. The van der Waals surface area contributed by atoms with E-state index >= 15 is 0 Å². The van der Waals surface area contributed by atoms with E-state index in [0.717, 1.165) is 23.9 Å². The predicted octanol–water partition coefficient (Wildman–Crippen LogP) is 2.19. The Balaban J connectivity index is 1.78. The van der Waals surface area contributed by atoms with E-state index in [1.54, 1.807) is 0 Å². The maximum absolute atomic E-state index is 5.08. The van der Waals surface area contributed by atoms with Crippen LogP contribution in [0.4, 0.5) is 0 Å². The van der Waals surface area contributed by atoms with E-state index in [1.807, 2.05) is 13.0 Å². The van der Waals surface area contributed by atoms with E-state index in [9.17, 15) is 0 Å². The topological polar surface area (TPSA) is 41.3 Å². The van der Waals surface area contributed by atoms with Gasteiger partial charge < -0.3 is 14.7 Å². The van der Waals surface area contributed by atoms with Gasteiger partial charge in [-0.2, -0.15) is 0 Å². The van der Waals surface area contributed by atoms with Gasteiger partial charge in [0, 0.05) is 25.2 Å². The fraction of sp³-hybridized carbons (Fsp3) is 0.786. The quantitative estimate of drug-likeness (QED) is 0.871. The lowest BCUT2D eigenvalue weighted by molar-refractivity contribution is 0.156. The van der Waals surface area contributed by atoms with Crippen LogP contribution in [0.3, 0.4) is 0 Å². The lowest BCUT2D eigenvalue weighted by atomic mass is 9.91. The first-order chi connectivity index (χ1) is 8.69. The Hall–Kier alpha value is -0.870. The molecule has 0 amide bonds. The molecule has 4 heteroatoms. The van der Waals surface area contributed by atoms with Crippen molar-refractivity contribution in [3.63, 3.8) is 0 Å². The van der Waals surface area contributed by atoms with Gasteiger partial charge in [0.05, 0.1) is 5.69 Å². The molecule has 102 valence electrons. The lowest BCUT2D eigenvalue weighted by Gasteiger charge is -2.35. The highest BCUT2D eigenvalue weighted by Gasteiger charge is 2.23. The Labute approximate surface area is 110 Å². The van der Waals surface area contributed by atoms with E-state index < -0.39 is 0 Å². The summed E-state index contributed by atoms with van der Waals surface area (Å²) in [6.07, 6.45) is 2.66. The van der Waals surface area contributed by atoms with Crippen molar-refractivity contribution in [2.45, 2.75) is 46.2 Å². The van der Waals surface area contributed by atoms with Gasteiger partial charge in [0.2, 0.25) is 0 Å². The second kappa shape index (κ2) is 6.34. The van der Waals surface area contributed by atoms with Crippen molar-refractivity contribution in [2.75, 3.05) is 19.6 Å². The summed E-state index contributed by atoms with van der Waals surface area (Å²) in [6, 6.07) is 2.54. The molecule has 0 saturated carbocycles. The predicted molar refractivity (Wildman–Crippen MR) is 72.4 cm³/mol. The zero-order valence-corrected chi connectivity index (χ0v) is 11.8. The number of nitrogens with one attached hydrogen (secondary N) is 1. The molecule has 1 aromatic rings. The van der Waals surface area contributed by atoms with Gasteiger partial charge in [-0.1, -0.05) is 12.1 Å². The third-order valence-corrected chi connectivity index (χ3v) is 3.98. The van der Waals surface area contributed by atoms with E-state index in [4.69, 9.17) is 4.52 Å². The van der Waals surface area contributed by atoms with Gasteiger partial charge in [0.15, 0.2) is 0 Å². The number of rotatable bonds is 5. The number of nitrogens with zero attached hydrogens (tertiary/aromatic N) is 2. The molecule has 4 nitrogen and oxygen atoms in total. The molecule has 0 radical (unpaired) electrons. The largest absolute Gasteiger partial charge is 0.361 e. The van der Waals surface area contributed by atoms with Gasteiger partial charge in [-0.15, -0.1) is 0 Å². The van der Waals surface area contributed by atoms with Gasteiger partial charge in [-0.25, -0.2) is 0 Å². The summed E-state index contributed by atoms with van der Waals surface area (Å²) in [5.41, 5.74) is 1.00. The van der Waals surface area contributed by atoms with Crippen LogP contribution in [0.5, 0.6) is 0 Å². The molecular weight excluding hydrogens is 226 g/mol. The van der Waals surface area contributed by atoms with Crippen LogP contribution in [-0.4, -0.2) is 35.7 Å². The molecule has 0 spiro atoms. The third kappa shape index (κ3) is 3.56. The summed E-state index contributed by atoms with van der Waals surface area (Å²) in [5.74, 6) is 1.64. The van der Waals surface area contributed by atoms with E-state index in [-0.39, 0.29) is 0 Å². The molecule has 0 bridgehead atoms. The molecule has 1 aliphatic rings. The number of likely N-dealkylation sites (tertiary alicyclic amines) is 1. The van der Waals surface area contributed by atoms with E-state index in [1.165, 1.54) is 32.5 Å². The van der Waals surface area contributed by atoms with Gasteiger partial charge >= 0.3 is 0 Å². The number of hydrogen-bond donors (Lipinski definition) is 1. The fourth-order valence-corrected chi connectivity index (χ4v) is 2.72. The Morgan fingerprint density at radius 2 is 2.44 bits per heavy atom. The van der Waals surface area contributed by atoms with Crippen molar-refractivity contribution in [3.8, 4) is 0 Å². The average molecular weight is 251 g/mol. The molecule has 1 fully saturated rings. The Bertz CT molecular complexity index is 364. The highest BCUT2D eigenvalue weighted by atomic mass is 16.5. The first-order valence-corrected chi connectivity index (χ1v) is 7.07. The molecular formula is C14H25N3O. The van der Waals surface area contributed by atoms with Gasteiger partial charge in [-0.05, 0) is 45.7 Å². The normalized spacial score (nSPS) is 23.2.